The van der Waals surface area contributed by atoms with Crippen molar-refractivity contribution in [2.45, 2.75) is 31.6 Å². The zero-order valence-electron chi connectivity index (χ0n) is 9.93. The summed E-state index contributed by atoms with van der Waals surface area (Å²) in [5.74, 6) is 0. The summed E-state index contributed by atoms with van der Waals surface area (Å²) in [5, 5.41) is 0. The summed E-state index contributed by atoms with van der Waals surface area (Å²) in [6.45, 7) is 4.44. The molecule has 0 spiro atoms. The van der Waals surface area contributed by atoms with Gasteiger partial charge in [0.05, 0.1) is 4.90 Å². The van der Waals surface area contributed by atoms with Crippen molar-refractivity contribution in [3.8, 4) is 0 Å². The lowest BCUT2D eigenvalue weighted by molar-refractivity contribution is 0.521. The van der Waals surface area contributed by atoms with Gasteiger partial charge in [0.15, 0.2) is 0 Å². The van der Waals surface area contributed by atoms with Crippen LogP contribution in [-0.4, -0.2) is 24.3 Å². The Morgan fingerprint density at radius 3 is 2.71 bits per heavy atom. The Morgan fingerprint density at radius 1 is 1.35 bits per heavy atom. The SMILES string of the molecule is CCCCN1C(=S)c2cc(C)ccc2S1(=O)=O. The monoisotopic (exact) mass is 269 g/mol. The van der Waals surface area contributed by atoms with Crippen LogP contribution < -0.4 is 0 Å². The largest absolute Gasteiger partial charge is 0.265 e. The molecule has 0 aromatic heterocycles. The molecule has 0 fully saturated rings. The first-order chi connectivity index (χ1) is 7.98. The van der Waals surface area contributed by atoms with Crippen molar-refractivity contribution in [1.29, 1.82) is 0 Å². The number of fused-ring (bicyclic) bond motifs is 1. The van der Waals surface area contributed by atoms with Gasteiger partial charge in [0.25, 0.3) is 10.0 Å². The van der Waals surface area contributed by atoms with Crippen LogP contribution in [0.25, 0.3) is 0 Å². The van der Waals surface area contributed by atoms with E-state index in [1.165, 1.54) is 4.31 Å². The number of thiocarbonyl (C=S) groups is 1. The highest BCUT2D eigenvalue weighted by Gasteiger charge is 2.37. The zero-order chi connectivity index (χ0) is 12.6. The normalized spacial score (nSPS) is 17.3. The Hall–Kier alpha value is -0.940. The van der Waals surface area contributed by atoms with Crippen molar-refractivity contribution >= 4 is 27.2 Å². The fourth-order valence-electron chi connectivity index (χ4n) is 1.92. The zero-order valence-corrected chi connectivity index (χ0v) is 11.6. The van der Waals surface area contributed by atoms with E-state index in [9.17, 15) is 8.42 Å². The number of benzene rings is 1. The second-order valence-electron chi connectivity index (χ2n) is 4.24. The summed E-state index contributed by atoms with van der Waals surface area (Å²) in [4.78, 5) is 0.793. The number of hydrogen-bond acceptors (Lipinski definition) is 3. The van der Waals surface area contributed by atoms with Gasteiger partial charge in [-0.1, -0.05) is 37.2 Å². The Morgan fingerprint density at radius 2 is 2.06 bits per heavy atom. The molecule has 1 aliphatic rings. The van der Waals surface area contributed by atoms with Crippen LogP contribution in [0.4, 0.5) is 0 Å². The molecular formula is C12H15NO2S2. The summed E-state index contributed by atoms with van der Waals surface area (Å²) in [6.07, 6.45) is 1.77. The molecule has 0 saturated heterocycles. The number of unbranched alkanes of at least 4 members (excludes halogenated alkanes) is 1. The highest BCUT2D eigenvalue weighted by Crippen LogP contribution is 2.31. The van der Waals surface area contributed by atoms with Crippen LogP contribution in [0.15, 0.2) is 23.1 Å². The first-order valence-electron chi connectivity index (χ1n) is 5.66. The first-order valence-corrected chi connectivity index (χ1v) is 7.51. The third-order valence-electron chi connectivity index (χ3n) is 2.87. The quantitative estimate of drug-likeness (QED) is 0.791. The summed E-state index contributed by atoms with van der Waals surface area (Å²) in [5.41, 5.74) is 1.70. The molecule has 17 heavy (non-hydrogen) atoms. The fraction of sp³-hybridized carbons (Fsp3) is 0.417. The lowest BCUT2D eigenvalue weighted by atomic mass is 10.1. The molecule has 0 atom stereocenters. The molecular weight excluding hydrogens is 254 g/mol. The first kappa shape index (κ1) is 12.5. The van der Waals surface area contributed by atoms with Gasteiger partial charge in [0, 0.05) is 12.1 Å². The third-order valence-corrected chi connectivity index (χ3v) is 5.29. The van der Waals surface area contributed by atoms with Gasteiger partial charge in [-0.05, 0) is 25.5 Å². The van der Waals surface area contributed by atoms with E-state index in [1.807, 2.05) is 26.0 Å². The van der Waals surface area contributed by atoms with E-state index in [2.05, 4.69) is 0 Å². The van der Waals surface area contributed by atoms with Crippen molar-refractivity contribution in [2.75, 3.05) is 6.54 Å². The smallest absolute Gasteiger partial charge is 0.256 e. The molecule has 0 aliphatic carbocycles. The lowest BCUT2D eigenvalue weighted by Gasteiger charge is -2.16. The molecule has 0 saturated carbocycles. The second kappa shape index (κ2) is 4.38. The number of nitrogens with zero attached hydrogens (tertiary/aromatic N) is 1. The number of hydrogen-bond donors (Lipinski definition) is 0. The molecule has 0 radical (unpaired) electrons. The Balaban J connectivity index is 2.49. The van der Waals surface area contributed by atoms with E-state index in [4.69, 9.17) is 12.2 Å². The minimum absolute atomic E-state index is 0.351. The molecule has 5 heteroatoms. The Labute approximate surface area is 107 Å². The predicted octanol–water partition coefficient (Wildman–Crippen LogP) is 2.47. The van der Waals surface area contributed by atoms with Crippen LogP contribution in [0.1, 0.15) is 30.9 Å². The van der Waals surface area contributed by atoms with Crippen LogP contribution in [0.2, 0.25) is 0 Å². The summed E-state index contributed by atoms with van der Waals surface area (Å²) < 4.78 is 25.9. The molecule has 92 valence electrons. The summed E-state index contributed by atoms with van der Waals surface area (Å²) in [6, 6.07) is 5.31. The maximum Gasteiger partial charge on any atom is 0.265 e. The van der Waals surface area contributed by atoms with E-state index in [-0.39, 0.29) is 0 Å². The number of rotatable bonds is 3. The van der Waals surface area contributed by atoms with Gasteiger partial charge in [-0.25, -0.2) is 8.42 Å². The van der Waals surface area contributed by atoms with Gasteiger partial charge in [-0.2, -0.15) is 0 Å². The standard InChI is InChI=1S/C12H15NO2S2/c1-3-4-7-13-12(16)10-8-9(2)5-6-11(10)17(13,14)15/h5-6,8H,3-4,7H2,1-2H3. The second-order valence-corrected chi connectivity index (χ2v) is 6.45. The van der Waals surface area contributed by atoms with Gasteiger partial charge in [-0.15, -0.1) is 0 Å². The fourth-order valence-corrected chi connectivity index (χ4v) is 4.14. The van der Waals surface area contributed by atoms with Crippen molar-refractivity contribution < 1.29 is 8.42 Å². The Kier molecular flexibility index (Phi) is 3.23. The average molecular weight is 269 g/mol. The van der Waals surface area contributed by atoms with E-state index in [0.717, 1.165) is 18.4 Å². The molecule has 1 heterocycles. The molecule has 2 rings (SSSR count). The maximum atomic E-state index is 12.3. The number of sulfonamides is 1. The number of aryl methyl sites for hydroxylation is 1. The van der Waals surface area contributed by atoms with Gasteiger partial charge in [-0.3, -0.25) is 4.31 Å². The molecule has 1 aliphatic heterocycles. The highest BCUT2D eigenvalue weighted by molar-refractivity contribution is 7.92. The minimum Gasteiger partial charge on any atom is -0.256 e. The van der Waals surface area contributed by atoms with Gasteiger partial charge >= 0.3 is 0 Å². The van der Waals surface area contributed by atoms with E-state index in [0.29, 0.717) is 22.0 Å². The van der Waals surface area contributed by atoms with Gasteiger partial charge < -0.3 is 0 Å². The molecule has 0 amide bonds. The molecule has 0 N–H and O–H groups in total. The van der Waals surface area contributed by atoms with Crippen LogP contribution in [0, 0.1) is 6.92 Å². The van der Waals surface area contributed by atoms with Crippen molar-refractivity contribution in [1.82, 2.24) is 4.31 Å². The van der Waals surface area contributed by atoms with Gasteiger partial charge in [0.1, 0.15) is 4.99 Å². The lowest BCUT2D eigenvalue weighted by Crippen LogP contribution is -2.30. The third kappa shape index (κ3) is 1.98. The van der Waals surface area contributed by atoms with Crippen LogP contribution in [0.5, 0.6) is 0 Å². The Bertz CT molecular complexity index is 564. The summed E-state index contributed by atoms with van der Waals surface area (Å²) >= 11 is 5.26. The summed E-state index contributed by atoms with van der Waals surface area (Å²) in [7, 11) is -3.39. The van der Waals surface area contributed by atoms with Crippen LogP contribution in [-0.2, 0) is 10.0 Å². The molecule has 0 bridgehead atoms. The van der Waals surface area contributed by atoms with Crippen molar-refractivity contribution in [2.24, 2.45) is 0 Å². The highest BCUT2D eigenvalue weighted by atomic mass is 32.2. The minimum atomic E-state index is -3.39. The maximum absolute atomic E-state index is 12.3. The van der Waals surface area contributed by atoms with Crippen LogP contribution in [0.3, 0.4) is 0 Å². The van der Waals surface area contributed by atoms with Crippen LogP contribution >= 0.6 is 12.2 Å². The van der Waals surface area contributed by atoms with E-state index in [1.54, 1.807) is 6.07 Å². The van der Waals surface area contributed by atoms with E-state index < -0.39 is 10.0 Å². The topological polar surface area (TPSA) is 37.4 Å². The van der Waals surface area contributed by atoms with Gasteiger partial charge in [0.2, 0.25) is 0 Å². The predicted molar refractivity (Wildman–Crippen MR) is 71.7 cm³/mol. The van der Waals surface area contributed by atoms with Crippen molar-refractivity contribution in [3.05, 3.63) is 29.3 Å². The average Bonchev–Trinajstić information content (AvgIpc) is 2.45. The molecule has 3 nitrogen and oxygen atoms in total. The van der Waals surface area contributed by atoms with Crippen molar-refractivity contribution in [3.63, 3.8) is 0 Å². The van der Waals surface area contributed by atoms with E-state index >= 15 is 0 Å². The molecule has 1 aromatic carbocycles. The molecule has 0 unspecified atom stereocenters. The molecule has 1 aromatic rings.